The predicted octanol–water partition coefficient (Wildman–Crippen LogP) is 1.55. The van der Waals surface area contributed by atoms with Crippen LogP contribution >= 0.6 is 0 Å². The molecule has 0 saturated heterocycles. The Hall–Kier alpha value is -1.80. The minimum atomic E-state index is -3.32. The lowest BCUT2D eigenvalue weighted by Crippen LogP contribution is -2.30. The molecule has 0 unspecified atom stereocenters. The van der Waals surface area contributed by atoms with Crippen molar-refractivity contribution in [3.05, 3.63) is 30.4 Å². The van der Waals surface area contributed by atoms with Crippen LogP contribution in [0.5, 0.6) is 0 Å². The quantitative estimate of drug-likeness (QED) is 0.804. The van der Waals surface area contributed by atoms with Gasteiger partial charge in [-0.05, 0) is 18.1 Å². The van der Waals surface area contributed by atoms with Gasteiger partial charge in [-0.2, -0.15) is 9.29 Å². The average Bonchev–Trinajstić information content (AvgIpc) is 2.87. The first-order chi connectivity index (χ1) is 9.88. The highest BCUT2D eigenvalue weighted by molar-refractivity contribution is 7.89. The molecule has 0 bridgehead atoms. The standard InChI is InChI=1S/C13H18N4O3S/c1-10(2)9-21(18,19)17(3)8-12-15-13(16-20-12)11-5-4-6-14-7-11/h4-7,10H,8-9H2,1-3H3. The summed E-state index contributed by atoms with van der Waals surface area (Å²) in [7, 11) is -1.81. The largest absolute Gasteiger partial charge is 0.338 e. The van der Waals surface area contributed by atoms with Gasteiger partial charge >= 0.3 is 0 Å². The molecule has 8 heteroatoms. The smallest absolute Gasteiger partial charge is 0.242 e. The highest BCUT2D eigenvalue weighted by atomic mass is 32.2. The first-order valence-corrected chi connectivity index (χ1v) is 8.16. The van der Waals surface area contributed by atoms with Gasteiger partial charge in [0.15, 0.2) is 0 Å². The molecule has 0 aliphatic carbocycles. The molecule has 2 rings (SSSR count). The summed E-state index contributed by atoms with van der Waals surface area (Å²) < 4.78 is 30.4. The molecule has 2 aromatic rings. The van der Waals surface area contributed by atoms with Gasteiger partial charge in [-0.1, -0.05) is 19.0 Å². The van der Waals surface area contributed by atoms with Crippen LogP contribution in [0.25, 0.3) is 11.4 Å². The fourth-order valence-corrected chi connectivity index (χ4v) is 3.17. The lowest BCUT2D eigenvalue weighted by molar-refractivity contribution is 0.336. The second-order valence-corrected chi connectivity index (χ2v) is 7.30. The van der Waals surface area contributed by atoms with Gasteiger partial charge < -0.3 is 4.52 Å². The van der Waals surface area contributed by atoms with Crippen molar-refractivity contribution in [2.24, 2.45) is 5.92 Å². The summed E-state index contributed by atoms with van der Waals surface area (Å²) in [6.45, 7) is 3.78. The van der Waals surface area contributed by atoms with Crippen molar-refractivity contribution in [2.45, 2.75) is 20.4 Å². The SMILES string of the molecule is CC(C)CS(=O)(=O)N(C)Cc1nc(-c2cccnc2)no1. The van der Waals surface area contributed by atoms with Crippen LogP contribution in [0.4, 0.5) is 0 Å². The third-order valence-corrected chi connectivity index (χ3v) is 4.93. The molecule has 0 fully saturated rings. The van der Waals surface area contributed by atoms with E-state index in [2.05, 4.69) is 15.1 Å². The van der Waals surface area contributed by atoms with Crippen molar-refractivity contribution in [3.63, 3.8) is 0 Å². The zero-order chi connectivity index (χ0) is 15.5. The van der Waals surface area contributed by atoms with Gasteiger partial charge in [0.1, 0.15) is 0 Å². The van der Waals surface area contributed by atoms with Crippen LogP contribution in [0.3, 0.4) is 0 Å². The fourth-order valence-electron chi connectivity index (χ4n) is 1.77. The maximum absolute atomic E-state index is 12.0. The van der Waals surface area contributed by atoms with E-state index < -0.39 is 10.0 Å². The first-order valence-electron chi connectivity index (χ1n) is 6.55. The molecule has 0 aliphatic rings. The molecule has 21 heavy (non-hydrogen) atoms. The third-order valence-electron chi connectivity index (χ3n) is 2.76. The number of pyridine rings is 1. The van der Waals surface area contributed by atoms with Crippen molar-refractivity contribution in [1.29, 1.82) is 0 Å². The zero-order valence-corrected chi connectivity index (χ0v) is 13.0. The molecule has 0 atom stereocenters. The number of sulfonamides is 1. The Balaban J connectivity index is 2.09. The Bertz CT molecular complexity index is 682. The summed E-state index contributed by atoms with van der Waals surface area (Å²) in [6.07, 6.45) is 3.27. The van der Waals surface area contributed by atoms with Gasteiger partial charge in [-0.3, -0.25) is 4.98 Å². The van der Waals surface area contributed by atoms with Gasteiger partial charge in [0.2, 0.25) is 21.7 Å². The molecule has 0 amide bonds. The third kappa shape index (κ3) is 4.08. The van der Waals surface area contributed by atoms with Crippen molar-refractivity contribution in [3.8, 4) is 11.4 Å². The summed E-state index contributed by atoms with van der Waals surface area (Å²) in [6, 6.07) is 3.57. The Morgan fingerprint density at radius 1 is 1.38 bits per heavy atom. The van der Waals surface area contributed by atoms with Crippen molar-refractivity contribution in [1.82, 2.24) is 19.4 Å². The predicted molar refractivity (Wildman–Crippen MR) is 77.6 cm³/mol. The van der Waals surface area contributed by atoms with E-state index in [1.807, 2.05) is 13.8 Å². The molecule has 0 radical (unpaired) electrons. The van der Waals surface area contributed by atoms with Crippen LogP contribution < -0.4 is 0 Å². The second kappa shape index (κ2) is 6.31. The van der Waals surface area contributed by atoms with Crippen molar-refractivity contribution >= 4 is 10.0 Å². The Kier molecular flexibility index (Phi) is 4.69. The lowest BCUT2D eigenvalue weighted by atomic mass is 10.3. The van der Waals surface area contributed by atoms with E-state index in [4.69, 9.17) is 4.52 Å². The molecule has 114 valence electrons. The van der Waals surface area contributed by atoms with Crippen LogP contribution in [-0.2, 0) is 16.6 Å². The average molecular weight is 310 g/mol. The summed E-state index contributed by atoms with van der Waals surface area (Å²) in [5, 5.41) is 3.83. The van der Waals surface area contributed by atoms with Gasteiger partial charge in [0.25, 0.3) is 0 Å². The zero-order valence-electron chi connectivity index (χ0n) is 12.2. The molecule has 7 nitrogen and oxygen atoms in total. The van der Waals surface area contributed by atoms with Gasteiger partial charge in [0.05, 0.1) is 12.3 Å². The van der Waals surface area contributed by atoms with Crippen LogP contribution in [0.15, 0.2) is 29.0 Å². The number of hydrogen-bond donors (Lipinski definition) is 0. The maximum Gasteiger partial charge on any atom is 0.242 e. The van der Waals surface area contributed by atoms with Crippen LogP contribution in [-0.4, -0.2) is 40.6 Å². The number of aromatic nitrogens is 3. The molecule has 0 aromatic carbocycles. The van der Waals surface area contributed by atoms with E-state index >= 15 is 0 Å². The maximum atomic E-state index is 12.0. The highest BCUT2D eigenvalue weighted by Crippen LogP contribution is 2.15. The Morgan fingerprint density at radius 3 is 2.76 bits per heavy atom. The summed E-state index contributed by atoms with van der Waals surface area (Å²) >= 11 is 0. The summed E-state index contributed by atoms with van der Waals surface area (Å²) in [4.78, 5) is 8.16. The Morgan fingerprint density at radius 2 is 2.14 bits per heavy atom. The minimum absolute atomic E-state index is 0.0579. The molecular weight excluding hydrogens is 292 g/mol. The topological polar surface area (TPSA) is 89.2 Å². The van der Waals surface area contributed by atoms with E-state index in [-0.39, 0.29) is 24.1 Å². The van der Waals surface area contributed by atoms with Gasteiger partial charge in [-0.25, -0.2) is 8.42 Å². The Labute approximate surface area is 124 Å². The monoisotopic (exact) mass is 310 g/mol. The molecule has 0 aliphatic heterocycles. The van der Waals surface area contributed by atoms with E-state index in [9.17, 15) is 8.42 Å². The molecule has 2 aromatic heterocycles. The fraction of sp³-hybridized carbons (Fsp3) is 0.462. The molecular formula is C13H18N4O3S. The molecule has 0 spiro atoms. The summed E-state index contributed by atoms with van der Waals surface area (Å²) in [5.41, 5.74) is 0.722. The van der Waals surface area contributed by atoms with Crippen LogP contribution in [0, 0.1) is 5.92 Å². The van der Waals surface area contributed by atoms with Crippen LogP contribution in [0.1, 0.15) is 19.7 Å². The van der Waals surface area contributed by atoms with Crippen molar-refractivity contribution < 1.29 is 12.9 Å². The first kappa shape index (κ1) is 15.6. The second-order valence-electron chi connectivity index (χ2n) is 5.18. The molecule has 0 N–H and O–H groups in total. The molecule has 2 heterocycles. The number of rotatable bonds is 6. The van der Waals surface area contributed by atoms with E-state index in [1.54, 1.807) is 24.5 Å². The van der Waals surface area contributed by atoms with Gasteiger partial charge in [-0.15, -0.1) is 0 Å². The number of hydrogen-bond acceptors (Lipinski definition) is 6. The highest BCUT2D eigenvalue weighted by Gasteiger charge is 2.22. The minimum Gasteiger partial charge on any atom is -0.338 e. The van der Waals surface area contributed by atoms with E-state index in [0.29, 0.717) is 5.82 Å². The summed E-state index contributed by atoms with van der Waals surface area (Å²) in [5.74, 6) is 0.801. The van der Waals surface area contributed by atoms with E-state index in [1.165, 1.54) is 11.4 Å². The normalized spacial score (nSPS) is 12.2. The van der Waals surface area contributed by atoms with Gasteiger partial charge in [0, 0.05) is 25.0 Å². The number of nitrogens with zero attached hydrogens (tertiary/aromatic N) is 4. The van der Waals surface area contributed by atoms with Crippen molar-refractivity contribution in [2.75, 3.05) is 12.8 Å². The van der Waals surface area contributed by atoms with Crippen LogP contribution in [0.2, 0.25) is 0 Å². The molecule has 0 saturated carbocycles. The lowest BCUT2D eigenvalue weighted by Gasteiger charge is -2.16. The van der Waals surface area contributed by atoms with E-state index in [0.717, 1.165) is 5.56 Å².